The van der Waals surface area contributed by atoms with E-state index in [1.54, 1.807) is 0 Å². The summed E-state index contributed by atoms with van der Waals surface area (Å²) in [5.41, 5.74) is 0. The smallest absolute Gasteiger partial charge is 0.250 e. The topological polar surface area (TPSA) is 58.6 Å². The van der Waals surface area contributed by atoms with Crippen LogP contribution in [0.5, 0.6) is 0 Å². The second-order valence-corrected chi connectivity index (χ2v) is 4.69. The number of ketones is 1. The van der Waals surface area contributed by atoms with Crippen molar-refractivity contribution >= 4 is 11.7 Å². The van der Waals surface area contributed by atoms with E-state index in [0.29, 0.717) is 32.2 Å². The second-order valence-electron chi connectivity index (χ2n) is 4.69. The first-order valence-corrected chi connectivity index (χ1v) is 6.13. The summed E-state index contributed by atoms with van der Waals surface area (Å²) in [5, 5.41) is 2.73. The second kappa shape index (κ2) is 6.71. The van der Waals surface area contributed by atoms with Gasteiger partial charge < -0.3 is 10.1 Å². The van der Waals surface area contributed by atoms with Crippen molar-refractivity contribution in [3.63, 3.8) is 0 Å². The van der Waals surface area contributed by atoms with Gasteiger partial charge in [-0.2, -0.15) is 0 Å². The van der Waals surface area contributed by atoms with Crippen LogP contribution in [0.2, 0.25) is 0 Å². The van der Waals surface area contributed by atoms with Crippen LogP contribution in [0.15, 0.2) is 0 Å². The molecule has 0 saturated carbocycles. The molecule has 0 radical (unpaired) electrons. The highest BCUT2D eigenvalue weighted by atomic mass is 16.5. The summed E-state index contributed by atoms with van der Waals surface area (Å²) in [5.74, 6) is -0.0322. The maximum absolute atomic E-state index is 11.8. The van der Waals surface area contributed by atoms with Gasteiger partial charge in [0.15, 0.2) is 0 Å². The molecule has 0 unspecified atom stereocenters. The van der Waals surface area contributed by atoms with Crippen LogP contribution < -0.4 is 5.32 Å². The molecular formula is C12H22N2O3. The summed E-state index contributed by atoms with van der Waals surface area (Å²) in [6.07, 6.45) is -0.0232. The number of hydrogen-bond acceptors (Lipinski definition) is 4. The van der Waals surface area contributed by atoms with Crippen LogP contribution in [0.3, 0.4) is 0 Å². The van der Waals surface area contributed by atoms with Crippen LogP contribution >= 0.6 is 0 Å². The fourth-order valence-electron chi connectivity index (χ4n) is 1.77. The van der Waals surface area contributed by atoms with Crippen LogP contribution in [0, 0.1) is 0 Å². The Hall–Kier alpha value is -0.940. The molecule has 98 valence electrons. The van der Waals surface area contributed by atoms with Gasteiger partial charge in [-0.05, 0) is 20.8 Å². The Kier molecular flexibility index (Phi) is 5.58. The van der Waals surface area contributed by atoms with E-state index in [4.69, 9.17) is 4.74 Å². The number of carbonyl (C=O) groups is 2. The van der Waals surface area contributed by atoms with Crippen LogP contribution in [0.25, 0.3) is 0 Å². The number of amides is 1. The zero-order valence-electron chi connectivity index (χ0n) is 10.9. The van der Waals surface area contributed by atoms with Crippen molar-refractivity contribution in [2.75, 3.05) is 26.2 Å². The third-order valence-corrected chi connectivity index (χ3v) is 2.90. The number of Topliss-reactive ketones (excluding diaryl/α,β-unsaturated/α-hetero) is 1. The van der Waals surface area contributed by atoms with Crippen molar-refractivity contribution < 1.29 is 14.3 Å². The molecule has 5 heteroatoms. The predicted octanol–water partition coefficient (Wildman–Crippen LogP) is 0.191. The minimum absolute atomic E-state index is 0.0821. The third kappa shape index (κ3) is 4.83. The van der Waals surface area contributed by atoms with Crippen molar-refractivity contribution in [2.45, 2.75) is 39.3 Å². The van der Waals surface area contributed by atoms with E-state index in [9.17, 15) is 9.59 Å². The highest BCUT2D eigenvalue weighted by molar-refractivity contribution is 5.82. The molecule has 1 saturated heterocycles. The van der Waals surface area contributed by atoms with E-state index in [1.807, 2.05) is 0 Å². The molecule has 0 aromatic heterocycles. The fourth-order valence-corrected chi connectivity index (χ4v) is 1.77. The molecule has 1 rings (SSSR count). The molecule has 1 heterocycles. The zero-order valence-corrected chi connectivity index (χ0v) is 10.9. The number of hydrogen-bond donors (Lipinski definition) is 1. The Morgan fingerprint density at radius 3 is 2.76 bits per heavy atom. The predicted molar refractivity (Wildman–Crippen MR) is 64.8 cm³/mol. The highest BCUT2D eigenvalue weighted by Crippen LogP contribution is 2.08. The fraction of sp³-hybridized carbons (Fsp3) is 0.833. The molecule has 0 bridgehead atoms. The monoisotopic (exact) mass is 242 g/mol. The quantitative estimate of drug-likeness (QED) is 0.748. The Balaban J connectivity index is 2.33. The molecule has 1 fully saturated rings. The third-order valence-electron chi connectivity index (χ3n) is 2.90. The minimum atomic E-state index is -0.405. The Labute approximate surface area is 102 Å². The van der Waals surface area contributed by atoms with Gasteiger partial charge >= 0.3 is 0 Å². The van der Waals surface area contributed by atoms with Gasteiger partial charge in [-0.15, -0.1) is 0 Å². The van der Waals surface area contributed by atoms with Crippen molar-refractivity contribution in [3.8, 4) is 0 Å². The molecule has 0 aromatic rings. The summed E-state index contributed by atoms with van der Waals surface area (Å²) in [7, 11) is 0. The van der Waals surface area contributed by atoms with E-state index in [1.165, 1.54) is 6.92 Å². The molecule has 1 atom stereocenters. The zero-order chi connectivity index (χ0) is 12.8. The highest BCUT2D eigenvalue weighted by Gasteiger charge is 2.27. The molecule has 5 nitrogen and oxygen atoms in total. The number of rotatable bonds is 5. The van der Waals surface area contributed by atoms with E-state index in [-0.39, 0.29) is 11.7 Å². The van der Waals surface area contributed by atoms with Crippen molar-refractivity contribution in [3.05, 3.63) is 0 Å². The first kappa shape index (κ1) is 14.1. The lowest BCUT2D eigenvalue weighted by Gasteiger charge is -2.34. The molecule has 0 aliphatic carbocycles. The molecule has 1 aliphatic rings. The Morgan fingerprint density at radius 1 is 1.47 bits per heavy atom. The van der Waals surface area contributed by atoms with Crippen molar-refractivity contribution in [1.29, 1.82) is 0 Å². The molecule has 1 N–H and O–H groups in total. The van der Waals surface area contributed by atoms with Crippen molar-refractivity contribution in [2.24, 2.45) is 0 Å². The van der Waals surface area contributed by atoms with E-state index in [0.717, 1.165) is 6.54 Å². The van der Waals surface area contributed by atoms with Crippen LogP contribution in [0.4, 0.5) is 0 Å². The van der Waals surface area contributed by atoms with Gasteiger partial charge in [0.1, 0.15) is 11.9 Å². The first-order chi connectivity index (χ1) is 8.00. The number of morpholine rings is 1. The summed E-state index contributed by atoms with van der Waals surface area (Å²) < 4.78 is 5.44. The molecule has 0 aromatic carbocycles. The Morgan fingerprint density at radius 2 is 2.18 bits per heavy atom. The maximum Gasteiger partial charge on any atom is 0.250 e. The summed E-state index contributed by atoms with van der Waals surface area (Å²) in [6.45, 7) is 8.22. The summed E-state index contributed by atoms with van der Waals surface area (Å²) >= 11 is 0. The van der Waals surface area contributed by atoms with Gasteiger partial charge in [-0.25, -0.2) is 0 Å². The molecule has 1 amide bonds. The van der Waals surface area contributed by atoms with Crippen LogP contribution in [-0.4, -0.2) is 55.0 Å². The maximum atomic E-state index is 11.8. The number of nitrogens with one attached hydrogen (secondary N) is 1. The Bertz CT molecular complexity index is 279. The standard InChI is InChI=1S/C12H22N2O3/c1-9(2)14-6-7-17-11(8-14)12(16)13-5-4-10(3)15/h9,11H,4-8H2,1-3H3,(H,13,16)/t11-/m1/s1. The molecule has 17 heavy (non-hydrogen) atoms. The lowest BCUT2D eigenvalue weighted by atomic mass is 10.2. The summed E-state index contributed by atoms with van der Waals surface area (Å²) in [6, 6.07) is 0.423. The first-order valence-electron chi connectivity index (χ1n) is 6.13. The lowest BCUT2D eigenvalue weighted by Crippen LogP contribution is -2.51. The SMILES string of the molecule is CC(=O)CCNC(=O)[C@H]1CN(C(C)C)CCO1. The average molecular weight is 242 g/mol. The number of ether oxygens (including phenoxy) is 1. The van der Waals surface area contributed by atoms with Gasteiger partial charge in [0.05, 0.1) is 6.61 Å². The average Bonchev–Trinajstić information content (AvgIpc) is 2.28. The normalized spacial score (nSPS) is 21.5. The van der Waals surface area contributed by atoms with Gasteiger partial charge in [-0.3, -0.25) is 14.5 Å². The van der Waals surface area contributed by atoms with Crippen LogP contribution in [-0.2, 0) is 14.3 Å². The van der Waals surface area contributed by atoms with Crippen LogP contribution in [0.1, 0.15) is 27.2 Å². The van der Waals surface area contributed by atoms with Crippen molar-refractivity contribution in [1.82, 2.24) is 10.2 Å². The molecular weight excluding hydrogens is 220 g/mol. The van der Waals surface area contributed by atoms with E-state index < -0.39 is 6.10 Å². The van der Waals surface area contributed by atoms with E-state index in [2.05, 4.69) is 24.1 Å². The number of nitrogens with zero attached hydrogens (tertiary/aromatic N) is 1. The van der Waals surface area contributed by atoms with Gasteiger partial charge in [0.2, 0.25) is 5.91 Å². The van der Waals surface area contributed by atoms with Gasteiger partial charge in [0, 0.05) is 32.1 Å². The van der Waals surface area contributed by atoms with E-state index >= 15 is 0 Å². The summed E-state index contributed by atoms with van der Waals surface area (Å²) in [4.78, 5) is 24.7. The molecule has 1 aliphatic heterocycles. The number of carbonyl (C=O) groups excluding carboxylic acids is 2. The van der Waals surface area contributed by atoms with Gasteiger partial charge in [0.25, 0.3) is 0 Å². The minimum Gasteiger partial charge on any atom is -0.366 e. The lowest BCUT2D eigenvalue weighted by molar-refractivity contribution is -0.139. The molecule has 0 spiro atoms. The largest absolute Gasteiger partial charge is 0.366 e. The van der Waals surface area contributed by atoms with Gasteiger partial charge in [-0.1, -0.05) is 0 Å².